The van der Waals surface area contributed by atoms with Crippen molar-refractivity contribution in [1.82, 2.24) is 0 Å². The van der Waals surface area contributed by atoms with E-state index >= 15 is 0 Å². The number of unbranched alkanes of at least 4 members (excludes halogenated alkanes) is 1. The fourth-order valence-electron chi connectivity index (χ4n) is 2.11. The van der Waals surface area contributed by atoms with Crippen molar-refractivity contribution < 1.29 is 14.5 Å². The number of anilines is 1. The number of nitrogens with zero attached hydrogens (tertiary/aromatic N) is 1. The van der Waals surface area contributed by atoms with Crippen molar-refractivity contribution in [3.8, 4) is 5.75 Å². The quantitative estimate of drug-likeness (QED) is 0.802. The van der Waals surface area contributed by atoms with Gasteiger partial charge in [0.05, 0.1) is 0 Å². The molecule has 0 unspecified atom stereocenters. The van der Waals surface area contributed by atoms with Gasteiger partial charge in [-0.05, 0) is 36.6 Å². The van der Waals surface area contributed by atoms with Crippen molar-refractivity contribution in [2.45, 2.75) is 32.7 Å². The first kappa shape index (κ1) is 15.0. The number of aromatic nitrogens is 1. The van der Waals surface area contributed by atoms with Crippen LogP contribution in [0.25, 0.3) is 0 Å². The van der Waals surface area contributed by atoms with Crippen molar-refractivity contribution in [2.24, 2.45) is 0 Å². The van der Waals surface area contributed by atoms with Crippen molar-refractivity contribution in [2.75, 3.05) is 5.32 Å². The van der Waals surface area contributed by atoms with Crippen LogP contribution in [0.4, 0.5) is 5.69 Å². The van der Waals surface area contributed by atoms with Gasteiger partial charge >= 0.3 is 0 Å². The molecular formula is C17H21N2O2+. The van der Waals surface area contributed by atoms with Gasteiger partial charge in [0.15, 0.2) is 11.9 Å². The zero-order valence-electron chi connectivity index (χ0n) is 12.2. The maximum absolute atomic E-state index is 11.9. The zero-order valence-corrected chi connectivity index (χ0v) is 12.2. The van der Waals surface area contributed by atoms with E-state index in [9.17, 15) is 9.90 Å². The summed E-state index contributed by atoms with van der Waals surface area (Å²) in [5.41, 5.74) is 2.08. The summed E-state index contributed by atoms with van der Waals surface area (Å²) in [7, 11) is 0. The molecule has 4 heteroatoms. The van der Waals surface area contributed by atoms with Crippen LogP contribution in [-0.2, 0) is 17.8 Å². The standard InChI is InChI=1S/C17H20N2O2/c1-2-3-5-14-7-9-15(10-8-14)18-17(21)13-19-11-4-6-16(20)12-19/h4,6-12H,2-3,5,13H2,1H3,(H-,18,20,21)/p+1. The SMILES string of the molecule is CCCCc1ccc(NC(=O)C[n+]2cccc(O)c2)cc1. The number of carbonyl (C=O) groups excluding carboxylic acids is 1. The predicted octanol–water partition coefficient (Wildman–Crippen LogP) is 2.66. The highest BCUT2D eigenvalue weighted by atomic mass is 16.3. The first-order valence-corrected chi connectivity index (χ1v) is 7.24. The molecule has 0 atom stereocenters. The first-order chi connectivity index (χ1) is 10.2. The summed E-state index contributed by atoms with van der Waals surface area (Å²) >= 11 is 0. The van der Waals surface area contributed by atoms with Gasteiger partial charge in [0.25, 0.3) is 5.91 Å². The third-order valence-corrected chi connectivity index (χ3v) is 3.23. The van der Waals surface area contributed by atoms with Gasteiger partial charge in [-0.15, -0.1) is 0 Å². The van der Waals surface area contributed by atoms with Crippen molar-refractivity contribution in [3.05, 3.63) is 54.4 Å². The molecule has 0 aliphatic carbocycles. The minimum Gasteiger partial charge on any atom is -0.503 e. The van der Waals surface area contributed by atoms with Gasteiger partial charge in [-0.1, -0.05) is 25.5 Å². The minimum absolute atomic E-state index is 0.119. The first-order valence-electron chi connectivity index (χ1n) is 7.24. The number of carbonyl (C=O) groups is 1. The highest BCUT2D eigenvalue weighted by Crippen LogP contribution is 2.11. The van der Waals surface area contributed by atoms with Crippen LogP contribution in [0.5, 0.6) is 5.75 Å². The number of amides is 1. The van der Waals surface area contributed by atoms with E-state index in [1.807, 2.05) is 24.3 Å². The summed E-state index contributed by atoms with van der Waals surface area (Å²) < 4.78 is 1.64. The summed E-state index contributed by atoms with van der Waals surface area (Å²) in [5, 5.41) is 12.2. The molecule has 1 amide bonds. The lowest BCUT2D eigenvalue weighted by Crippen LogP contribution is -2.39. The lowest BCUT2D eigenvalue weighted by molar-refractivity contribution is -0.684. The van der Waals surface area contributed by atoms with Crippen LogP contribution in [0.15, 0.2) is 48.8 Å². The highest BCUT2D eigenvalue weighted by Gasteiger charge is 2.10. The summed E-state index contributed by atoms with van der Waals surface area (Å²) in [6, 6.07) is 11.2. The number of rotatable bonds is 6. The largest absolute Gasteiger partial charge is 0.503 e. The monoisotopic (exact) mass is 285 g/mol. The van der Waals surface area contributed by atoms with Gasteiger partial charge in [0.1, 0.15) is 0 Å². The molecule has 0 saturated carbocycles. The molecule has 0 aliphatic rings. The number of hydrogen-bond donors (Lipinski definition) is 2. The molecule has 21 heavy (non-hydrogen) atoms. The van der Waals surface area contributed by atoms with Crippen molar-refractivity contribution in [1.29, 1.82) is 0 Å². The molecule has 4 nitrogen and oxygen atoms in total. The molecule has 1 aromatic heterocycles. The van der Waals surface area contributed by atoms with Gasteiger partial charge in [-0.3, -0.25) is 4.79 Å². The van der Waals surface area contributed by atoms with Gasteiger partial charge < -0.3 is 10.4 Å². The molecule has 1 heterocycles. The fraction of sp³-hybridized carbons (Fsp3) is 0.294. The normalized spacial score (nSPS) is 10.3. The molecule has 110 valence electrons. The third-order valence-electron chi connectivity index (χ3n) is 3.23. The van der Waals surface area contributed by atoms with Crippen LogP contribution < -0.4 is 9.88 Å². The Balaban J connectivity index is 1.90. The Morgan fingerprint density at radius 2 is 2.00 bits per heavy atom. The average molecular weight is 285 g/mol. The molecule has 0 aliphatic heterocycles. The Morgan fingerprint density at radius 3 is 2.67 bits per heavy atom. The summed E-state index contributed by atoms with van der Waals surface area (Å²) in [4.78, 5) is 11.9. The Kier molecular flexibility index (Phi) is 5.32. The van der Waals surface area contributed by atoms with Gasteiger partial charge in [0.2, 0.25) is 12.7 Å². The van der Waals surface area contributed by atoms with E-state index in [1.54, 1.807) is 22.9 Å². The molecular weight excluding hydrogens is 264 g/mol. The molecule has 2 aromatic rings. The van der Waals surface area contributed by atoms with E-state index < -0.39 is 0 Å². The van der Waals surface area contributed by atoms with Crippen LogP contribution >= 0.6 is 0 Å². The van der Waals surface area contributed by atoms with Crippen molar-refractivity contribution in [3.63, 3.8) is 0 Å². The van der Waals surface area contributed by atoms with E-state index in [-0.39, 0.29) is 18.2 Å². The predicted molar refractivity (Wildman–Crippen MR) is 82.0 cm³/mol. The highest BCUT2D eigenvalue weighted by molar-refractivity contribution is 5.89. The Bertz CT molecular complexity index is 594. The van der Waals surface area contributed by atoms with E-state index in [1.165, 1.54) is 24.6 Å². The van der Waals surface area contributed by atoms with E-state index in [0.29, 0.717) is 0 Å². The number of aryl methyl sites for hydroxylation is 1. The molecule has 0 fully saturated rings. The second kappa shape index (κ2) is 7.43. The lowest BCUT2D eigenvalue weighted by atomic mass is 10.1. The number of pyridine rings is 1. The minimum atomic E-state index is -0.119. The fourth-order valence-corrected chi connectivity index (χ4v) is 2.11. The summed E-state index contributed by atoms with van der Waals surface area (Å²) in [6.07, 6.45) is 6.70. The van der Waals surface area contributed by atoms with Crippen LogP contribution in [-0.4, -0.2) is 11.0 Å². The third kappa shape index (κ3) is 4.91. The van der Waals surface area contributed by atoms with E-state index in [2.05, 4.69) is 12.2 Å². The van der Waals surface area contributed by atoms with Crippen LogP contribution in [0.1, 0.15) is 25.3 Å². The Labute approximate surface area is 125 Å². The molecule has 0 radical (unpaired) electrons. The smallest absolute Gasteiger partial charge is 0.290 e. The average Bonchev–Trinajstić information content (AvgIpc) is 2.46. The maximum Gasteiger partial charge on any atom is 0.290 e. The van der Waals surface area contributed by atoms with Crippen LogP contribution in [0.3, 0.4) is 0 Å². The van der Waals surface area contributed by atoms with Gasteiger partial charge in [0, 0.05) is 11.8 Å². The Hall–Kier alpha value is -2.36. The zero-order chi connectivity index (χ0) is 15.1. The molecule has 0 spiro atoms. The van der Waals surface area contributed by atoms with E-state index in [0.717, 1.165) is 12.1 Å². The topological polar surface area (TPSA) is 53.2 Å². The molecule has 2 rings (SSSR count). The molecule has 2 N–H and O–H groups in total. The van der Waals surface area contributed by atoms with Crippen molar-refractivity contribution >= 4 is 11.6 Å². The number of nitrogens with one attached hydrogen (secondary N) is 1. The number of hydrogen-bond acceptors (Lipinski definition) is 2. The van der Waals surface area contributed by atoms with Gasteiger partial charge in [-0.25, -0.2) is 0 Å². The number of aromatic hydroxyl groups is 1. The summed E-state index contributed by atoms with van der Waals surface area (Å²) in [6.45, 7) is 2.35. The second-order valence-corrected chi connectivity index (χ2v) is 5.08. The second-order valence-electron chi connectivity index (χ2n) is 5.08. The molecule has 0 saturated heterocycles. The lowest BCUT2D eigenvalue weighted by Gasteiger charge is -2.05. The summed E-state index contributed by atoms with van der Waals surface area (Å²) in [5.74, 6) is 0.0254. The van der Waals surface area contributed by atoms with Crippen LogP contribution in [0.2, 0.25) is 0 Å². The molecule has 0 bridgehead atoms. The van der Waals surface area contributed by atoms with E-state index in [4.69, 9.17) is 0 Å². The maximum atomic E-state index is 11.9. The van der Waals surface area contributed by atoms with Crippen LogP contribution in [0, 0.1) is 0 Å². The number of benzene rings is 1. The van der Waals surface area contributed by atoms with Gasteiger partial charge in [-0.2, -0.15) is 4.57 Å². The molecule has 1 aromatic carbocycles. The Morgan fingerprint density at radius 1 is 1.24 bits per heavy atom.